The van der Waals surface area contributed by atoms with Crippen LogP contribution in [0.5, 0.6) is 0 Å². The van der Waals surface area contributed by atoms with Gasteiger partial charge in [0.15, 0.2) is 0 Å². The van der Waals surface area contributed by atoms with Gasteiger partial charge in [-0.2, -0.15) is 0 Å². The summed E-state index contributed by atoms with van der Waals surface area (Å²) in [5.41, 5.74) is -0.860. The number of nitro groups is 1. The molecule has 0 spiro atoms. The van der Waals surface area contributed by atoms with Crippen LogP contribution in [0.2, 0.25) is 0 Å². The van der Waals surface area contributed by atoms with Crippen molar-refractivity contribution in [2.24, 2.45) is 5.92 Å². The normalized spacial score (nSPS) is 18.6. The summed E-state index contributed by atoms with van der Waals surface area (Å²) in [5.74, 6) is -2.03. The predicted molar refractivity (Wildman–Crippen MR) is 75.2 cm³/mol. The summed E-state index contributed by atoms with van der Waals surface area (Å²) in [6, 6.07) is 1.78. The van der Waals surface area contributed by atoms with Crippen LogP contribution in [0.3, 0.4) is 0 Å². The van der Waals surface area contributed by atoms with E-state index in [2.05, 4.69) is 6.92 Å². The number of piperidine rings is 1. The molecule has 2 rings (SSSR count). The van der Waals surface area contributed by atoms with Crippen LogP contribution < -0.4 is 4.90 Å². The first-order valence-electron chi connectivity index (χ1n) is 6.90. The van der Waals surface area contributed by atoms with E-state index in [-0.39, 0.29) is 11.4 Å². The Morgan fingerprint density at radius 3 is 2.86 bits per heavy atom. The van der Waals surface area contributed by atoms with Crippen molar-refractivity contribution in [3.05, 3.63) is 33.6 Å². The zero-order valence-corrected chi connectivity index (χ0v) is 11.7. The second kappa shape index (κ2) is 6.07. The average Bonchev–Trinajstić information content (AvgIpc) is 2.46. The minimum Gasteiger partial charge on any atom is -0.478 e. The highest BCUT2D eigenvalue weighted by Crippen LogP contribution is 2.34. The van der Waals surface area contributed by atoms with Gasteiger partial charge in [0, 0.05) is 25.2 Å². The first-order chi connectivity index (χ1) is 9.93. The Morgan fingerprint density at radius 1 is 1.57 bits per heavy atom. The number of rotatable bonds is 4. The molecule has 0 amide bonds. The van der Waals surface area contributed by atoms with Crippen molar-refractivity contribution in [3.63, 3.8) is 0 Å². The summed E-state index contributed by atoms with van der Waals surface area (Å²) < 4.78 is 13.8. The number of hydrogen-bond acceptors (Lipinski definition) is 4. The molecule has 1 aromatic carbocycles. The van der Waals surface area contributed by atoms with Crippen LogP contribution in [-0.4, -0.2) is 29.1 Å². The molecule has 1 aromatic rings. The molecule has 1 aliphatic rings. The highest BCUT2D eigenvalue weighted by Gasteiger charge is 2.28. The van der Waals surface area contributed by atoms with E-state index in [1.807, 2.05) is 0 Å². The maximum atomic E-state index is 13.8. The molecule has 0 aliphatic carbocycles. The highest BCUT2D eigenvalue weighted by molar-refractivity contribution is 5.90. The standard InChI is InChI=1S/C14H17FN2O4/c1-2-9-4-3-5-16(8-9)12-7-11(15)10(14(18)19)6-13(12)17(20)21/h6-7,9H,2-5,8H2,1H3,(H,18,19). The fraction of sp³-hybridized carbons (Fsp3) is 0.500. The van der Waals surface area contributed by atoms with Crippen LogP contribution in [0.25, 0.3) is 0 Å². The van der Waals surface area contributed by atoms with Crippen LogP contribution in [0.1, 0.15) is 36.5 Å². The van der Waals surface area contributed by atoms with Crippen molar-refractivity contribution >= 4 is 17.3 Å². The van der Waals surface area contributed by atoms with E-state index in [0.29, 0.717) is 19.0 Å². The summed E-state index contributed by atoms with van der Waals surface area (Å²) in [6.07, 6.45) is 2.90. The molecule has 6 nitrogen and oxygen atoms in total. The number of nitrogens with zero attached hydrogens (tertiary/aromatic N) is 2. The second-order valence-corrected chi connectivity index (χ2v) is 5.25. The fourth-order valence-electron chi connectivity index (χ4n) is 2.73. The third-order valence-electron chi connectivity index (χ3n) is 3.93. The largest absolute Gasteiger partial charge is 0.478 e. The molecule has 1 heterocycles. The number of nitro benzene ring substituents is 1. The van der Waals surface area contributed by atoms with E-state index in [9.17, 15) is 19.3 Å². The molecule has 1 atom stereocenters. The molecular weight excluding hydrogens is 279 g/mol. The monoisotopic (exact) mass is 296 g/mol. The minimum atomic E-state index is -1.51. The lowest BCUT2D eigenvalue weighted by Gasteiger charge is -2.33. The van der Waals surface area contributed by atoms with Gasteiger partial charge in [-0.15, -0.1) is 0 Å². The van der Waals surface area contributed by atoms with Gasteiger partial charge in [-0.1, -0.05) is 13.3 Å². The molecule has 0 saturated carbocycles. The van der Waals surface area contributed by atoms with Crippen molar-refractivity contribution in [2.45, 2.75) is 26.2 Å². The van der Waals surface area contributed by atoms with E-state index in [1.54, 1.807) is 4.90 Å². The molecule has 21 heavy (non-hydrogen) atoms. The van der Waals surface area contributed by atoms with Crippen molar-refractivity contribution in [2.75, 3.05) is 18.0 Å². The van der Waals surface area contributed by atoms with Crippen LogP contribution in [0, 0.1) is 21.8 Å². The first-order valence-corrected chi connectivity index (χ1v) is 6.90. The van der Waals surface area contributed by atoms with Crippen molar-refractivity contribution in [3.8, 4) is 0 Å². The number of halogens is 1. The van der Waals surface area contributed by atoms with Gasteiger partial charge in [0.25, 0.3) is 5.69 Å². The molecule has 1 fully saturated rings. The molecule has 1 unspecified atom stereocenters. The molecule has 1 N–H and O–H groups in total. The van der Waals surface area contributed by atoms with Crippen LogP contribution in [0.15, 0.2) is 12.1 Å². The quantitative estimate of drug-likeness (QED) is 0.682. The van der Waals surface area contributed by atoms with Crippen LogP contribution in [0.4, 0.5) is 15.8 Å². The van der Waals surface area contributed by atoms with E-state index < -0.39 is 22.3 Å². The SMILES string of the molecule is CCC1CCCN(c2cc(F)c(C(=O)O)cc2[N+](=O)[O-])C1. The van der Waals surface area contributed by atoms with Crippen LogP contribution >= 0.6 is 0 Å². The van der Waals surface area contributed by atoms with Gasteiger partial charge < -0.3 is 10.0 Å². The van der Waals surface area contributed by atoms with Crippen molar-refractivity contribution in [1.82, 2.24) is 0 Å². The van der Waals surface area contributed by atoms with Gasteiger partial charge >= 0.3 is 5.97 Å². The predicted octanol–water partition coefficient (Wildman–Crippen LogP) is 3.06. The molecule has 0 bridgehead atoms. The topological polar surface area (TPSA) is 83.7 Å². The highest BCUT2D eigenvalue weighted by atomic mass is 19.1. The van der Waals surface area contributed by atoms with E-state index in [4.69, 9.17) is 5.11 Å². The smallest absolute Gasteiger partial charge is 0.338 e. The number of carbonyl (C=O) groups is 1. The summed E-state index contributed by atoms with van der Waals surface area (Å²) >= 11 is 0. The summed E-state index contributed by atoms with van der Waals surface area (Å²) in [5, 5.41) is 20.0. The average molecular weight is 296 g/mol. The molecule has 1 aliphatic heterocycles. The zero-order chi connectivity index (χ0) is 15.6. The Bertz CT molecular complexity index is 576. The molecular formula is C14H17FN2O4. The van der Waals surface area contributed by atoms with Crippen molar-refractivity contribution < 1.29 is 19.2 Å². The number of hydrogen-bond donors (Lipinski definition) is 1. The van der Waals surface area contributed by atoms with Gasteiger partial charge in [-0.3, -0.25) is 10.1 Å². The number of carboxylic acids is 1. The summed E-state index contributed by atoms with van der Waals surface area (Å²) in [7, 11) is 0. The summed E-state index contributed by atoms with van der Waals surface area (Å²) in [6.45, 7) is 3.29. The molecule has 0 aromatic heterocycles. The number of aromatic carboxylic acids is 1. The van der Waals surface area contributed by atoms with E-state index in [0.717, 1.165) is 31.4 Å². The van der Waals surface area contributed by atoms with Gasteiger partial charge in [0.05, 0.1) is 4.92 Å². The molecule has 0 radical (unpaired) electrons. The maximum absolute atomic E-state index is 13.8. The van der Waals surface area contributed by atoms with Crippen molar-refractivity contribution in [1.29, 1.82) is 0 Å². The van der Waals surface area contributed by atoms with Gasteiger partial charge in [0.2, 0.25) is 0 Å². The molecule has 7 heteroatoms. The van der Waals surface area contributed by atoms with Gasteiger partial charge in [-0.25, -0.2) is 9.18 Å². The summed E-state index contributed by atoms with van der Waals surface area (Å²) in [4.78, 5) is 23.2. The Morgan fingerprint density at radius 2 is 2.29 bits per heavy atom. The zero-order valence-electron chi connectivity index (χ0n) is 11.7. The lowest BCUT2D eigenvalue weighted by molar-refractivity contribution is -0.384. The Kier molecular flexibility index (Phi) is 4.40. The van der Waals surface area contributed by atoms with Gasteiger partial charge in [-0.05, 0) is 18.8 Å². The van der Waals surface area contributed by atoms with E-state index >= 15 is 0 Å². The number of benzene rings is 1. The lowest BCUT2D eigenvalue weighted by atomic mass is 9.95. The Hall–Kier alpha value is -2.18. The van der Waals surface area contributed by atoms with Crippen LogP contribution in [-0.2, 0) is 0 Å². The maximum Gasteiger partial charge on any atom is 0.338 e. The molecule has 1 saturated heterocycles. The fourth-order valence-corrected chi connectivity index (χ4v) is 2.73. The number of anilines is 1. The molecule has 114 valence electrons. The number of carboxylic acid groups (broad SMARTS) is 1. The Balaban J connectivity index is 2.44. The second-order valence-electron chi connectivity index (χ2n) is 5.25. The minimum absolute atomic E-state index is 0.167. The Labute approximate surface area is 121 Å². The third-order valence-corrected chi connectivity index (χ3v) is 3.93. The van der Waals surface area contributed by atoms with E-state index in [1.165, 1.54) is 0 Å². The van der Waals surface area contributed by atoms with Gasteiger partial charge in [0.1, 0.15) is 17.1 Å². The lowest BCUT2D eigenvalue weighted by Crippen LogP contribution is -2.35. The third kappa shape index (κ3) is 3.12. The first kappa shape index (κ1) is 15.2.